The van der Waals surface area contributed by atoms with Crippen LogP contribution in [0.25, 0.3) is 0 Å². The predicted molar refractivity (Wildman–Crippen MR) is 58.6 cm³/mol. The van der Waals surface area contributed by atoms with E-state index in [1.165, 1.54) is 4.90 Å². The molecule has 0 spiro atoms. The highest BCUT2D eigenvalue weighted by Crippen LogP contribution is 2.26. The molecule has 0 aromatic rings. The van der Waals surface area contributed by atoms with Crippen molar-refractivity contribution in [3.8, 4) is 0 Å². The number of aliphatic hydroxyl groups excluding tert-OH is 2. The lowest BCUT2D eigenvalue weighted by Crippen LogP contribution is -2.63. The summed E-state index contributed by atoms with van der Waals surface area (Å²) in [7, 11) is 1.06. The zero-order valence-corrected chi connectivity index (χ0v) is 10.3. The minimum absolute atomic E-state index is 0.103. The van der Waals surface area contributed by atoms with Crippen LogP contribution >= 0.6 is 0 Å². The highest BCUT2D eigenvalue weighted by atomic mass is 16.6. The van der Waals surface area contributed by atoms with Gasteiger partial charge in [-0.05, 0) is 6.42 Å². The van der Waals surface area contributed by atoms with Gasteiger partial charge in [0.05, 0.1) is 13.2 Å². The molecule has 2 rings (SSSR count). The van der Waals surface area contributed by atoms with E-state index in [0.717, 1.165) is 7.11 Å². The monoisotopic (exact) mass is 273 g/mol. The third-order valence-corrected chi connectivity index (χ3v) is 3.35. The van der Waals surface area contributed by atoms with Gasteiger partial charge in [0.1, 0.15) is 6.04 Å². The maximum absolute atomic E-state index is 12.1. The van der Waals surface area contributed by atoms with Crippen LogP contribution in [0.2, 0.25) is 0 Å². The van der Waals surface area contributed by atoms with Crippen molar-refractivity contribution in [2.24, 2.45) is 0 Å². The molecule has 8 nitrogen and oxygen atoms in total. The first-order valence-electron chi connectivity index (χ1n) is 5.90. The van der Waals surface area contributed by atoms with Crippen molar-refractivity contribution in [3.05, 3.63) is 0 Å². The van der Waals surface area contributed by atoms with Gasteiger partial charge < -0.3 is 24.6 Å². The molecule has 0 saturated carbocycles. The van der Waals surface area contributed by atoms with Crippen LogP contribution in [0.15, 0.2) is 0 Å². The van der Waals surface area contributed by atoms with E-state index < -0.39 is 42.2 Å². The molecule has 0 aromatic heterocycles. The largest absolute Gasteiger partial charge is 0.467 e. The molecule has 106 valence electrons. The number of morpholine rings is 1. The van der Waals surface area contributed by atoms with Gasteiger partial charge in [-0.25, -0.2) is 9.59 Å². The molecule has 19 heavy (non-hydrogen) atoms. The Bertz CT molecular complexity index is 410. The summed E-state index contributed by atoms with van der Waals surface area (Å²) in [4.78, 5) is 36.3. The molecule has 0 aliphatic carbocycles. The number of carbonyl (C=O) groups is 3. The molecule has 8 heteroatoms. The topological polar surface area (TPSA) is 113 Å². The van der Waals surface area contributed by atoms with Crippen LogP contribution < -0.4 is 0 Å². The molecular formula is C11H15NO7. The van der Waals surface area contributed by atoms with Crippen LogP contribution in [-0.4, -0.2) is 71.0 Å². The highest BCUT2D eigenvalue weighted by molar-refractivity contribution is 5.96. The number of fused-ring (bicyclic) bond motifs is 1. The molecule has 0 bridgehead atoms. The average molecular weight is 273 g/mol. The van der Waals surface area contributed by atoms with Gasteiger partial charge in [0, 0.05) is 13.0 Å². The second-order valence-electron chi connectivity index (χ2n) is 4.55. The molecule has 2 fully saturated rings. The number of carbonyl (C=O) groups excluding carboxylic acids is 3. The Kier molecular flexibility index (Phi) is 3.72. The number of aliphatic hydroxyl groups is 2. The fraction of sp³-hybridized carbons (Fsp3) is 0.727. The molecule has 1 amide bonds. The number of rotatable bonds is 2. The summed E-state index contributed by atoms with van der Waals surface area (Å²) in [6.07, 6.45) is -3.63. The van der Waals surface area contributed by atoms with Gasteiger partial charge in [-0.3, -0.25) is 4.79 Å². The summed E-state index contributed by atoms with van der Waals surface area (Å²) in [6.45, 7) is 0.185. The normalized spacial score (nSPS) is 32.4. The Balaban J connectivity index is 2.16. The Labute approximate surface area is 108 Å². The summed E-state index contributed by atoms with van der Waals surface area (Å²) in [5.41, 5.74) is 0. The predicted octanol–water partition coefficient (Wildman–Crippen LogP) is -2.20. The lowest BCUT2D eigenvalue weighted by Gasteiger charge is -2.42. The zero-order chi connectivity index (χ0) is 14.2. The number of ether oxygens (including phenoxy) is 2. The molecule has 2 N–H and O–H groups in total. The minimum atomic E-state index is -1.84. The number of hydrogen-bond donors (Lipinski definition) is 2. The first-order chi connectivity index (χ1) is 8.95. The Hall–Kier alpha value is -1.67. The number of cyclic esters (lactones) is 1. The van der Waals surface area contributed by atoms with Gasteiger partial charge in [-0.1, -0.05) is 0 Å². The van der Waals surface area contributed by atoms with Crippen molar-refractivity contribution in [2.75, 3.05) is 13.7 Å². The molecule has 0 radical (unpaired) electrons. The van der Waals surface area contributed by atoms with Crippen molar-refractivity contribution in [3.63, 3.8) is 0 Å². The Morgan fingerprint density at radius 3 is 2.84 bits per heavy atom. The molecular weight excluding hydrogens is 258 g/mol. The number of piperidine rings is 1. The molecule has 2 aliphatic rings. The molecule has 2 aliphatic heterocycles. The quantitative estimate of drug-likeness (QED) is 0.549. The Morgan fingerprint density at radius 2 is 2.21 bits per heavy atom. The number of methoxy groups -OCH3 is 1. The lowest BCUT2D eigenvalue weighted by atomic mass is 9.96. The lowest BCUT2D eigenvalue weighted by molar-refractivity contribution is -0.194. The van der Waals surface area contributed by atoms with Gasteiger partial charge in [-0.2, -0.15) is 0 Å². The molecule has 2 heterocycles. The van der Waals surface area contributed by atoms with E-state index in [1.807, 2.05) is 0 Å². The summed E-state index contributed by atoms with van der Waals surface area (Å²) in [6, 6.07) is -0.850. The van der Waals surface area contributed by atoms with E-state index in [4.69, 9.17) is 4.74 Å². The Morgan fingerprint density at radius 1 is 1.53 bits per heavy atom. The molecule has 2 saturated heterocycles. The molecule has 4 atom stereocenters. The van der Waals surface area contributed by atoms with E-state index in [9.17, 15) is 24.6 Å². The number of hydrogen-bond acceptors (Lipinski definition) is 7. The van der Waals surface area contributed by atoms with Crippen LogP contribution in [0.5, 0.6) is 0 Å². The standard InChI is InChI=1S/C11H15NO7/c1-18-11(17)7(14)8-9(15)12-3-2-5(13)4-6(12)10(16)19-8/h5-8,13-14H,2-4H2,1H3/t5-,6+,7-,8-/m1/s1. The van der Waals surface area contributed by atoms with E-state index in [2.05, 4.69) is 4.74 Å². The van der Waals surface area contributed by atoms with E-state index in [1.54, 1.807) is 0 Å². The SMILES string of the molecule is COC(=O)[C@H](O)[C@H]1OC(=O)[C@@H]2C[C@H](O)CCN2C1=O. The third kappa shape index (κ3) is 2.41. The second kappa shape index (κ2) is 5.14. The van der Waals surface area contributed by atoms with Crippen LogP contribution in [0.4, 0.5) is 0 Å². The van der Waals surface area contributed by atoms with Crippen molar-refractivity contribution < 1.29 is 34.1 Å². The molecule has 0 aromatic carbocycles. The van der Waals surface area contributed by atoms with Crippen molar-refractivity contribution >= 4 is 17.8 Å². The van der Waals surface area contributed by atoms with Gasteiger partial charge in [0.2, 0.25) is 6.10 Å². The third-order valence-electron chi connectivity index (χ3n) is 3.35. The number of esters is 2. The summed E-state index contributed by atoms with van der Waals surface area (Å²) >= 11 is 0. The first-order valence-corrected chi connectivity index (χ1v) is 5.90. The van der Waals surface area contributed by atoms with Crippen LogP contribution in [0, 0.1) is 0 Å². The maximum atomic E-state index is 12.1. The van der Waals surface area contributed by atoms with Gasteiger partial charge in [-0.15, -0.1) is 0 Å². The van der Waals surface area contributed by atoms with Crippen LogP contribution in [-0.2, 0) is 23.9 Å². The zero-order valence-electron chi connectivity index (χ0n) is 10.3. The maximum Gasteiger partial charge on any atom is 0.339 e. The smallest absolute Gasteiger partial charge is 0.339 e. The minimum Gasteiger partial charge on any atom is -0.467 e. The number of nitrogens with zero attached hydrogens (tertiary/aromatic N) is 1. The summed E-state index contributed by atoms with van der Waals surface area (Å²) in [5, 5.41) is 19.1. The van der Waals surface area contributed by atoms with E-state index in [0.29, 0.717) is 6.42 Å². The van der Waals surface area contributed by atoms with Crippen molar-refractivity contribution in [1.29, 1.82) is 0 Å². The van der Waals surface area contributed by atoms with E-state index in [-0.39, 0.29) is 13.0 Å². The second-order valence-corrected chi connectivity index (χ2v) is 4.55. The van der Waals surface area contributed by atoms with Gasteiger partial charge in [0.15, 0.2) is 6.10 Å². The van der Waals surface area contributed by atoms with Gasteiger partial charge >= 0.3 is 11.9 Å². The van der Waals surface area contributed by atoms with Crippen molar-refractivity contribution in [2.45, 2.75) is 37.2 Å². The summed E-state index contributed by atoms with van der Waals surface area (Å²) in [5.74, 6) is -2.41. The number of amides is 1. The van der Waals surface area contributed by atoms with Crippen LogP contribution in [0.3, 0.4) is 0 Å². The van der Waals surface area contributed by atoms with Gasteiger partial charge in [0.25, 0.3) is 5.91 Å². The fourth-order valence-corrected chi connectivity index (χ4v) is 2.30. The van der Waals surface area contributed by atoms with Crippen molar-refractivity contribution in [1.82, 2.24) is 4.90 Å². The van der Waals surface area contributed by atoms with E-state index >= 15 is 0 Å². The molecule has 0 unspecified atom stereocenters. The summed E-state index contributed by atoms with van der Waals surface area (Å²) < 4.78 is 9.12. The van der Waals surface area contributed by atoms with Crippen LogP contribution in [0.1, 0.15) is 12.8 Å². The average Bonchev–Trinajstić information content (AvgIpc) is 2.41. The highest BCUT2D eigenvalue weighted by Gasteiger charge is 2.49. The first kappa shape index (κ1) is 13.8. The fourth-order valence-electron chi connectivity index (χ4n) is 2.30.